The highest BCUT2D eigenvalue weighted by Gasteiger charge is 2.19. The topological polar surface area (TPSA) is 89.3 Å². The number of nitrogens with one attached hydrogen (secondary N) is 1. The lowest BCUT2D eigenvalue weighted by Gasteiger charge is -2.17. The fourth-order valence-corrected chi connectivity index (χ4v) is 2.64. The number of benzene rings is 1. The van der Waals surface area contributed by atoms with Crippen molar-refractivity contribution in [3.63, 3.8) is 0 Å². The van der Waals surface area contributed by atoms with Crippen LogP contribution in [0.2, 0.25) is 0 Å². The van der Waals surface area contributed by atoms with Crippen LogP contribution < -0.4 is 10.5 Å². The number of primary amides is 1. The molecule has 1 aromatic carbocycles. The Balaban J connectivity index is 2.95. The largest absolute Gasteiger partial charge is 0.366 e. The molecule has 0 saturated heterocycles. The van der Waals surface area contributed by atoms with Crippen molar-refractivity contribution in [3.8, 4) is 0 Å². The maximum atomic E-state index is 12.0. The van der Waals surface area contributed by atoms with Crippen LogP contribution in [0.5, 0.6) is 0 Å². The van der Waals surface area contributed by atoms with Gasteiger partial charge in [-0.05, 0) is 37.1 Å². The zero-order valence-corrected chi connectivity index (χ0v) is 11.5. The second-order valence-electron chi connectivity index (χ2n) is 4.54. The Bertz CT molecular complexity index is 521. The highest BCUT2D eigenvalue weighted by Crippen LogP contribution is 2.12. The maximum absolute atomic E-state index is 12.0. The summed E-state index contributed by atoms with van der Waals surface area (Å²) in [5, 5.41) is 0. The predicted octanol–water partition coefficient (Wildman–Crippen LogP) is 1.11. The lowest BCUT2D eigenvalue weighted by molar-refractivity contribution is 0.1000. The Kier molecular flexibility index (Phi) is 4.48. The molecule has 0 aliphatic carbocycles. The van der Waals surface area contributed by atoms with E-state index in [0.717, 1.165) is 0 Å². The zero-order chi connectivity index (χ0) is 13.9. The van der Waals surface area contributed by atoms with E-state index in [2.05, 4.69) is 4.72 Å². The molecule has 5 nitrogen and oxygen atoms in total. The van der Waals surface area contributed by atoms with E-state index in [-0.39, 0.29) is 22.4 Å². The van der Waals surface area contributed by atoms with Crippen LogP contribution in [0.1, 0.15) is 31.1 Å². The number of carbonyl (C=O) groups excluding carboxylic acids is 1. The first-order valence-electron chi connectivity index (χ1n) is 5.66. The first-order chi connectivity index (χ1) is 8.24. The molecule has 0 spiro atoms. The fourth-order valence-electron chi connectivity index (χ4n) is 1.25. The third kappa shape index (κ3) is 3.54. The van der Waals surface area contributed by atoms with Crippen LogP contribution in [-0.4, -0.2) is 20.4 Å². The van der Waals surface area contributed by atoms with Gasteiger partial charge in [0, 0.05) is 11.6 Å². The molecule has 100 valence electrons. The number of carbonyl (C=O) groups is 1. The smallest absolute Gasteiger partial charge is 0.248 e. The van der Waals surface area contributed by atoms with Gasteiger partial charge in [-0.25, -0.2) is 13.1 Å². The maximum Gasteiger partial charge on any atom is 0.248 e. The SMILES string of the molecule is CC(C)[C@H](C)NS(=O)(=O)c1ccc(C(N)=O)cc1. The van der Waals surface area contributed by atoms with Crippen molar-refractivity contribution in [1.82, 2.24) is 4.72 Å². The number of sulfonamides is 1. The van der Waals surface area contributed by atoms with Gasteiger partial charge in [-0.1, -0.05) is 13.8 Å². The average Bonchev–Trinajstić information content (AvgIpc) is 2.28. The molecule has 0 bridgehead atoms. The van der Waals surface area contributed by atoms with Crippen LogP contribution in [-0.2, 0) is 10.0 Å². The van der Waals surface area contributed by atoms with Crippen LogP contribution in [0.25, 0.3) is 0 Å². The van der Waals surface area contributed by atoms with Crippen molar-refractivity contribution in [2.24, 2.45) is 11.7 Å². The Morgan fingerprint density at radius 2 is 1.67 bits per heavy atom. The molecule has 0 fully saturated rings. The van der Waals surface area contributed by atoms with Gasteiger partial charge >= 0.3 is 0 Å². The highest BCUT2D eigenvalue weighted by molar-refractivity contribution is 7.89. The van der Waals surface area contributed by atoms with Crippen molar-refractivity contribution in [2.45, 2.75) is 31.7 Å². The predicted molar refractivity (Wildman–Crippen MR) is 69.6 cm³/mol. The molecule has 0 aromatic heterocycles. The van der Waals surface area contributed by atoms with Crippen LogP contribution in [0.15, 0.2) is 29.2 Å². The summed E-state index contributed by atoms with van der Waals surface area (Å²) in [7, 11) is -3.55. The molecule has 6 heteroatoms. The zero-order valence-electron chi connectivity index (χ0n) is 10.7. The van der Waals surface area contributed by atoms with Crippen molar-refractivity contribution >= 4 is 15.9 Å². The Labute approximate surface area is 107 Å². The van der Waals surface area contributed by atoms with Gasteiger partial charge < -0.3 is 5.73 Å². The van der Waals surface area contributed by atoms with Gasteiger partial charge in [-0.2, -0.15) is 0 Å². The van der Waals surface area contributed by atoms with Gasteiger partial charge in [-0.3, -0.25) is 4.79 Å². The van der Waals surface area contributed by atoms with E-state index in [1.54, 1.807) is 6.92 Å². The van der Waals surface area contributed by atoms with E-state index in [1.807, 2.05) is 13.8 Å². The van der Waals surface area contributed by atoms with E-state index in [4.69, 9.17) is 5.73 Å². The molecular weight excluding hydrogens is 252 g/mol. The van der Waals surface area contributed by atoms with Gasteiger partial charge in [0.25, 0.3) is 0 Å². The molecule has 0 aliphatic rings. The quantitative estimate of drug-likeness (QED) is 0.839. The summed E-state index contributed by atoms with van der Waals surface area (Å²) in [5.41, 5.74) is 5.37. The molecule has 0 aliphatic heterocycles. The van der Waals surface area contributed by atoms with Gasteiger partial charge in [-0.15, -0.1) is 0 Å². The number of amides is 1. The lowest BCUT2D eigenvalue weighted by atomic mass is 10.1. The fraction of sp³-hybridized carbons (Fsp3) is 0.417. The van der Waals surface area contributed by atoms with Crippen LogP contribution in [0.4, 0.5) is 0 Å². The van der Waals surface area contributed by atoms with E-state index in [9.17, 15) is 13.2 Å². The molecule has 0 heterocycles. The second kappa shape index (κ2) is 5.49. The van der Waals surface area contributed by atoms with Crippen LogP contribution >= 0.6 is 0 Å². The Morgan fingerprint density at radius 3 is 2.06 bits per heavy atom. The summed E-state index contributed by atoms with van der Waals surface area (Å²) < 4.78 is 26.6. The molecular formula is C12H18N2O3S. The standard InChI is InChI=1S/C12H18N2O3S/c1-8(2)9(3)14-18(16,17)11-6-4-10(5-7-11)12(13)15/h4-9,14H,1-3H3,(H2,13,15)/t9-/m0/s1. The van der Waals surface area contributed by atoms with Gasteiger partial charge in [0.15, 0.2) is 0 Å². The number of rotatable bonds is 5. The molecule has 0 unspecified atom stereocenters. The van der Waals surface area contributed by atoms with Crippen molar-refractivity contribution < 1.29 is 13.2 Å². The molecule has 1 atom stereocenters. The Morgan fingerprint density at radius 1 is 1.17 bits per heavy atom. The first-order valence-corrected chi connectivity index (χ1v) is 7.14. The first kappa shape index (κ1) is 14.7. The molecule has 3 N–H and O–H groups in total. The van der Waals surface area contributed by atoms with Crippen molar-refractivity contribution in [1.29, 1.82) is 0 Å². The number of hydrogen-bond donors (Lipinski definition) is 2. The summed E-state index contributed by atoms with van der Waals surface area (Å²) in [4.78, 5) is 11.0. The minimum Gasteiger partial charge on any atom is -0.366 e. The second-order valence-corrected chi connectivity index (χ2v) is 6.26. The summed E-state index contributed by atoms with van der Waals surface area (Å²) in [5.74, 6) is -0.382. The molecule has 1 aromatic rings. The van der Waals surface area contributed by atoms with E-state index < -0.39 is 15.9 Å². The summed E-state index contributed by atoms with van der Waals surface area (Å²) >= 11 is 0. The normalized spacial score (nSPS) is 13.6. The van der Waals surface area contributed by atoms with Gasteiger partial charge in [0.1, 0.15) is 0 Å². The summed E-state index contributed by atoms with van der Waals surface area (Å²) in [6, 6.07) is 5.38. The third-order valence-corrected chi connectivity index (χ3v) is 4.37. The summed E-state index contributed by atoms with van der Waals surface area (Å²) in [6.45, 7) is 5.67. The van der Waals surface area contributed by atoms with E-state index in [0.29, 0.717) is 0 Å². The van der Waals surface area contributed by atoms with Gasteiger partial charge in [0.2, 0.25) is 15.9 Å². The molecule has 0 saturated carbocycles. The minimum absolute atomic E-state index is 0.125. The molecule has 0 radical (unpaired) electrons. The monoisotopic (exact) mass is 270 g/mol. The number of hydrogen-bond acceptors (Lipinski definition) is 3. The van der Waals surface area contributed by atoms with Crippen LogP contribution in [0.3, 0.4) is 0 Å². The highest BCUT2D eigenvalue weighted by atomic mass is 32.2. The van der Waals surface area contributed by atoms with Gasteiger partial charge in [0.05, 0.1) is 4.90 Å². The lowest BCUT2D eigenvalue weighted by Crippen LogP contribution is -2.36. The van der Waals surface area contributed by atoms with E-state index >= 15 is 0 Å². The number of nitrogens with two attached hydrogens (primary N) is 1. The average molecular weight is 270 g/mol. The van der Waals surface area contributed by atoms with Crippen LogP contribution in [0, 0.1) is 5.92 Å². The molecule has 1 rings (SSSR count). The van der Waals surface area contributed by atoms with Crippen molar-refractivity contribution in [2.75, 3.05) is 0 Å². The molecule has 18 heavy (non-hydrogen) atoms. The van der Waals surface area contributed by atoms with E-state index in [1.165, 1.54) is 24.3 Å². The minimum atomic E-state index is -3.55. The van der Waals surface area contributed by atoms with Crippen molar-refractivity contribution in [3.05, 3.63) is 29.8 Å². The third-order valence-electron chi connectivity index (χ3n) is 2.79. The summed E-state index contributed by atoms with van der Waals surface area (Å²) in [6.07, 6.45) is 0. The Hall–Kier alpha value is -1.40. The molecule has 1 amide bonds.